The van der Waals surface area contributed by atoms with Crippen LogP contribution in [0, 0.1) is 5.92 Å². The summed E-state index contributed by atoms with van der Waals surface area (Å²) in [4.78, 5) is 37.5. The fraction of sp³-hybridized carbons (Fsp3) is 0.400. The second kappa shape index (κ2) is 10.3. The molecule has 2 unspecified atom stereocenters. The van der Waals surface area contributed by atoms with E-state index in [1.165, 1.54) is 4.90 Å². The third-order valence-electron chi connectivity index (χ3n) is 6.12. The normalized spacial score (nSPS) is 14.1. The number of carbonyl (C=O) groups is 3. The van der Waals surface area contributed by atoms with E-state index in [4.69, 9.17) is 9.84 Å². The molecule has 170 valence electrons. The van der Waals surface area contributed by atoms with Crippen molar-refractivity contribution in [1.29, 1.82) is 0 Å². The monoisotopic (exact) mass is 438 g/mol. The average Bonchev–Trinajstić information content (AvgIpc) is 3.11. The van der Waals surface area contributed by atoms with Crippen LogP contribution in [0.3, 0.4) is 0 Å². The Morgan fingerprint density at radius 3 is 2.12 bits per heavy atom. The first kappa shape index (κ1) is 23.3. The molecule has 1 aliphatic carbocycles. The van der Waals surface area contributed by atoms with Crippen LogP contribution in [0.15, 0.2) is 48.5 Å². The van der Waals surface area contributed by atoms with Gasteiger partial charge in [0.25, 0.3) is 0 Å². The predicted octanol–water partition coefficient (Wildman–Crippen LogP) is 3.87. The largest absolute Gasteiger partial charge is 0.481 e. The van der Waals surface area contributed by atoms with Crippen molar-refractivity contribution in [2.75, 3.05) is 19.7 Å². The predicted molar refractivity (Wildman–Crippen MR) is 121 cm³/mol. The molecule has 7 nitrogen and oxygen atoms in total. The molecule has 0 saturated heterocycles. The molecular formula is C25H30N2O5. The lowest BCUT2D eigenvalue weighted by atomic mass is 9.98. The Morgan fingerprint density at radius 2 is 1.59 bits per heavy atom. The van der Waals surface area contributed by atoms with E-state index in [0.29, 0.717) is 6.54 Å². The Labute approximate surface area is 188 Å². The molecule has 2 N–H and O–H groups in total. The number of carbonyl (C=O) groups excluding carboxylic acids is 2. The van der Waals surface area contributed by atoms with Crippen LogP contribution in [0.2, 0.25) is 0 Å². The molecule has 0 heterocycles. The molecule has 0 fully saturated rings. The van der Waals surface area contributed by atoms with Gasteiger partial charge in [-0.1, -0.05) is 55.5 Å². The molecule has 0 radical (unpaired) electrons. The number of alkyl carbamates (subject to hydrolysis) is 1. The third-order valence-corrected chi connectivity index (χ3v) is 6.12. The molecule has 2 amide bonds. The number of nitrogens with zero attached hydrogens (tertiary/aromatic N) is 1. The van der Waals surface area contributed by atoms with Crippen LogP contribution in [0.25, 0.3) is 11.1 Å². The number of rotatable bonds is 9. The number of hydrogen-bond donors (Lipinski definition) is 2. The molecule has 0 saturated carbocycles. The van der Waals surface area contributed by atoms with Crippen molar-refractivity contribution in [3.8, 4) is 11.1 Å². The number of amides is 2. The molecule has 0 bridgehead atoms. The molecule has 7 heteroatoms. The number of hydrogen-bond acceptors (Lipinski definition) is 4. The fourth-order valence-electron chi connectivity index (χ4n) is 4.11. The maximum Gasteiger partial charge on any atom is 0.407 e. The van der Waals surface area contributed by atoms with Gasteiger partial charge in [0.1, 0.15) is 6.61 Å². The summed E-state index contributed by atoms with van der Waals surface area (Å²) in [7, 11) is 0. The van der Waals surface area contributed by atoms with Crippen LogP contribution in [0.4, 0.5) is 4.79 Å². The molecule has 0 spiro atoms. The van der Waals surface area contributed by atoms with Crippen molar-refractivity contribution in [1.82, 2.24) is 10.2 Å². The van der Waals surface area contributed by atoms with Crippen LogP contribution in [-0.4, -0.2) is 53.7 Å². The van der Waals surface area contributed by atoms with E-state index >= 15 is 0 Å². The minimum Gasteiger partial charge on any atom is -0.481 e. The second-order valence-corrected chi connectivity index (χ2v) is 8.11. The van der Waals surface area contributed by atoms with Gasteiger partial charge < -0.3 is 20.1 Å². The maximum absolute atomic E-state index is 12.7. The topological polar surface area (TPSA) is 95.9 Å². The van der Waals surface area contributed by atoms with E-state index in [9.17, 15) is 14.4 Å². The van der Waals surface area contributed by atoms with E-state index in [-0.39, 0.29) is 31.4 Å². The van der Waals surface area contributed by atoms with Crippen molar-refractivity contribution >= 4 is 18.0 Å². The van der Waals surface area contributed by atoms with Gasteiger partial charge in [-0.25, -0.2) is 4.79 Å². The van der Waals surface area contributed by atoms with Crippen LogP contribution >= 0.6 is 0 Å². The van der Waals surface area contributed by atoms with Gasteiger partial charge in [0.05, 0.1) is 12.3 Å². The summed E-state index contributed by atoms with van der Waals surface area (Å²) in [6, 6.07) is 15.8. The van der Waals surface area contributed by atoms with E-state index < -0.39 is 24.0 Å². The van der Waals surface area contributed by atoms with E-state index in [1.54, 1.807) is 20.8 Å². The molecule has 2 atom stereocenters. The number of aliphatic carboxylic acids is 1. The van der Waals surface area contributed by atoms with Crippen LogP contribution in [0.5, 0.6) is 0 Å². The van der Waals surface area contributed by atoms with Gasteiger partial charge >= 0.3 is 12.1 Å². The van der Waals surface area contributed by atoms with E-state index in [2.05, 4.69) is 29.6 Å². The minimum absolute atomic E-state index is 0.0332. The van der Waals surface area contributed by atoms with Gasteiger partial charge in [-0.2, -0.15) is 0 Å². The standard InChI is InChI=1S/C25H30N2O5/c1-4-27(14-13-23(28)29)24(30)16(2)17(3)26-25(31)32-15-22-20-11-7-5-9-18(20)19-10-6-8-12-21(19)22/h5-12,16-17,22H,4,13-15H2,1-3H3,(H,26,31)(H,28,29). The van der Waals surface area contributed by atoms with Crippen molar-refractivity contribution < 1.29 is 24.2 Å². The zero-order valence-electron chi connectivity index (χ0n) is 18.7. The van der Waals surface area contributed by atoms with Gasteiger partial charge in [-0.3, -0.25) is 9.59 Å². The Kier molecular flexibility index (Phi) is 7.51. The molecule has 2 aromatic rings. The first-order chi connectivity index (χ1) is 15.3. The van der Waals surface area contributed by atoms with Crippen molar-refractivity contribution in [3.05, 3.63) is 59.7 Å². The summed E-state index contributed by atoms with van der Waals surface area (Å²) >= 11 is 0. The van der Waals surface area contributed by atoms with Crippen LogP contribution in [0.1, 0.15) is 44.2 Å². The highest BCUT2D eigenvalue weighted by atomic mass is 16.5. The Balaban J connectivity index is 1.58. The highest BCUT2D eigenvalue weighted by Gasteiger charge is 2.30. The Bertz CT molecular complexity index is 944. The summed E-state index contributed by atoms with van der Waals surface area (Å²) in [6.45, 7) is 6.03. The Hall–Kier alpha value is -3.35. The first-order valence-electron chi connectivity index (χ1n) is 11.0. The lowest BCUT2D eigenvalue weighted by Crippen LogP contribution is -2.46. The quantitative estimate of drug-likeness (QED) is 0.620. The number of nitrogens with one attached hydrogen (secondary N) is 1. The van der Waals surface area contributed by atoms with Crippen molar-refractivity contribution in [2.24, 2.45) is 5.92 Å². The molecular weight excluding hydrogens is 408 g/mol. The summed E-state index contributed by atoms with van der Waals surface area (Å²) in [5.41, 5.74) is 4.58. The van der Waals surface area contributed by atoms with E-state index in [0.717, 1.165) is 22.3 Å². The summed E-state index contributed by atoms with van der Waals surface area (Å²) < 4.78 is 5.55. The van der Waals surface area contributed by atoms with Crippen LogP contribution in [-0.2, 0) is 14.3 Å². The molecule has 32 heavy (non-hydrogen) atoms. The summed E-state index contributed by atoms with van der Waals surface area (Å²) in [6.07, 6.45) is -0.687. The van der Waals surface area contributed by atoms with E-state index in [1.807, 2.05) is 24.3 Å². The van der Waals surface area contributed by atoms with Gasteiger partial charge in [-0.15, -0.1) is 0 Å². The summed E-state index contributed by atoms with van der Waals surface area (Å²) in [5, 5.41) is 11.6. The number of ether oxygens (including phenoxy) is 1. The first-order valence-corrected chi connectivity index (χ1v) is 11.0. The third kappa shape index (κ3) is 5.10. The van der Waals surface area contributed by atoms with Gasteiger partial charge in [0.2, 0.25) is 5.91 Å². The highest BCUT2D eigenvalue weighted by molar-refractivity contribution is 5.81. The molecule has 1 aliphatic rings. The lowest BCUT2D eigenvalue weighted by Gasteiger charge is -2.27. The van der Waals surface area contributed by atoms with Crippen molar-refractivity contribution in [3.63, 3.8) is 0 Å². The highest BCUT2D eigenvalue weighted by Crippen LogP contribution is 2.44. The fourth-order valence-corrected chi connectivity index (χ4v) is 4.11. The van der Waals surface area contributed by atoms with Crippen molar-refractivity contribution in [2.45, 2.75) is 39.2 Å². The number of benzene rings is 2. The smallest absolute Gasteiger partial charge is 0.407 e. The zero-order chi connectivity index (χ0) is 23.3. The van der Waals surface area contributed by atoms with Gasteiger partial charge in [0.15, 0.2) is 0 Å². The average molecular weight is 439 g/mol. The molecule has 2 aromatic carbocycles. The number of carboxylic acid groups (broad SMARTS) is 1. The van der Waals surface area contributed by atoms with Crippen LogP contribution < -0.4 is 5.32 Å². The van der Waals surface area contributed by atoms with Gasteiger partial charge in [-0.05, 0) is 36.1 Å². The SMILES string of the molecule is CCN(CCC(=O)O)C(=O)C(C)C(C)NC(=O)OCC1c2ccccc2-c2ccccc21. The van der Waals surface area contributed by atoms with Gasteiger partial charge in [0, 0.05) is 25.0 Å². The maximum atomic E-state index is 12.7. The summed E-state index contributed by atoms with van der Waals surface area (Å²) in [5.74, 6) is -1.69. The number of carboxylic acids is 1. The Morgan fingerprint density at radius 1 is 1.03 bits per heavy atom. The zero-order valence-corrected chi connectivity index (χ0v) is 18.7. The minimum atomic E-state index is -0.950. The molecule has 0 aliphatic heterocycles. The lowest BCUT2D eigenvalue weighted by molar-refractivity contribution is -0.139. The molecule has 0 aromatic heterocycles. The second-order valence-electron chi connectivity index (χ2n) is 8.11. The molecule has 3 rings (SSSR count). The number of fused-ring (bicyclic) bond motifs is 3.